The molecule has 3 rings (SSSR count). The second-order valence-electron chi connectivity index (χ2n) is 7.85. The standard InChI is InChI=1S/C22H30N2O4/c1-3-16-9-11-19(12-10-16)24-14-17(13-20(24)25)22(27)28-15(2)21(26)23-18-7-5-4-6-8-18/h9-12,15,17-18H,3-8,13-14H2,1-2H3,(H,23,26)/t15-,17-/m0/s1. The highest BCUT2D eigenvalue weighted by molar-refractivity contribution is 5.99. The van der Waals surface area contributed by atoms with E-state index in [9.17, 15) is 14.4 Å². The zero-order valence-corrected chi connectivity index (χ0v) is 16.8. The summed E-state index contributed by atoms with van der Waals surface area (Å²) in [5, 5.41) is 2.98. The van der Waals surface area contributed by atoms with Crippen molar-refractivity contribution in [2.24, 2.45) is 5.92 Å². The Morgan fingerprint density at radius 1 is 1.18 bits per heavy atom. The Bertz CT molecular complexity index is 710. The zero-order valence-electron chi connectivity index (χ0n) is 16.8. The lowest BCUT2D eigenvalue weighted by atomic mass is 9.95. The summed E-state index contributed by atoms with van der Waals surface area (Å²) in [6.07, 6.45) is 5.63. The van der Waals surface area contributed by atoms with Crippen LogP contribution in [0.2, 0.25) is 0 Å². The number of nitrogens with one attached hydrogen (secondary N) is 1. The van der Waals surface area contributed by atoms with E-state index in [-0.39, 0.29) is 24.3 Å². The van der Waals surface area contributed by atoms with Gasteiger partial charge in [-0.3, -0.25) is 14.4 Å². The van der Waals surface area contributed by atoms with Gasteiger partial charge in [-0.1, -0.05) is 38.3 Å². The van der Waals surface area contributed by atoms with Gasteiger partial charge in [-0.25, -0.2) is 0 Å². The molecule has 28 heavy (non-hydrogen) atoms. The lowest BCUT2D eigenvalue weighted by Gasteiger charge is -2.24. The fraction of sp³-hybridized carbons (Fsp3) is 0.591. The van der Waals surface area contributed by atoms with E-state index in [0.717, 1.165) is 37.8 Å². The Morgan fingerprint density at radius 2 is 1.86 bits per heavy atom. The summed E-state index contributed by atoms with van der Waals surface area (Å²) >= 11 is 0. The third-order valence-corrected chi connectivity index (χ3v) is 5.73. The molecule has 1 aromatic rings. The topological polar surface area (TPSA) is 75.7 Å². The van der Waals surface area contributed by atoms with Crippen molar-refractivity contribution in [3.8, 4) is 0 Å². The molecule has 2 amide bonds. The molecule has 2 aliphatic rings. The molecule has 1 aliphatic heterocycles. The van der Waals surface area contributed by atoms with Crippen LogP contribution < -0.4 is 10.2 Å². The Balaban J connectivity index is 1.52. The zero-order chi connectivity index (χ0) is 20.1. The highest BCUT2D eigenvalue weighted by atomic mass is 16.5. The number of ether oxygens (including phenoxy) is 1. The molecule has 6 heteroatoms. The molecule has 1 N–H and O–H groups in total. The second-order valence-corrected chi connectivity index (χ2v) is 7.85. The first kappa shape index (κ1) is 20.4. The molecule has 152 valence electrons. The molecule has 0 bridgehead atoms. The van der Waals surface area contributed by atoms with E-state index in [1.54, 1.807) is 11.8 Å². The lowest BCUT2D eigenvalue weighted by molar-refractivity contribution is -0.158. The van der Waals surface area contributed by atoms with E-state index in [2.05, 4.69) is 12.2 Å². The SMILES string of the molecule is CCc1ccc(N2C[C@@H](C(=O)O[C@@H](C)C(=O)NC3CCCCC3)CC2=O)cc1. The monoisotopic (exact) mass is 386 g/mol. The van der Waals surface area contributed by atoms with Crippen molar-refractivity contribution in [1.82, 2.24) is 5.32 Å². The normalized spacial score (nSPS) is 21.4. The molecule has 0 unspecified atom stereocenters. The summed E-state index contributed by atoms with van der Waals surface area (Å²) in [5.74, 6) is -1.36. The maximum absolute atomic E-state index is 12.5. The number of benzene rings is 1. The average molecular weight is 386 g/mol. The van der Waals surface area contributed by atoms with Crippen LogP contribution in [0.15, 0.2) is 24.3 Å². The van der Waals surface area contributed by atoms with Crippen molar-refractivity contribution in [3.05, 3.63) is 29.8 Å². The molecule has 1 saturated carbocycles. The highest BCUT2D eigenvalue weighted by Gasteiger charge is 2.37. The van der Waals surface area contributed by atoms with Crippen molar-refractivity contribution in [2.45, 2.75) is 70.9 Å². The minimum absolute atomic E-state index is 0.0921. The van der Waals surface area contributed by atoms with Crippen molar-refractivity contribution in [1.29, 1.82) is 0 Å². The summed E-state index contributed by atoms with van der Waals surface area (Å²) in [6.45, 7) is 3.96. The van der Waals surface area contributed by atoms with Crippen molar-refractivity contribution < 1.29 is 19.1 Å². The Labute approximate surface area is 166 Å². The van der Waals surface area contributed by atoms with E-state index in [0.29, 0.717) is 6.54 Å². The molecule has 6 nitrogen and oxygen atoms in total. The van der Waals surface area contributed by atoms with Gasteiger partial charge in [0.1, 0.15) is 0 Å². The first-order valence-electron chi connectivity index (χ1n) is 10.4. The maximum Gasteiger partial charge on any atom is 0.312 e. The summed E-state index contributed by atoms with van der Waals surface area (Å²) in [6, 6.07) is 7.98. The van der Waals surface area contributed by atoms with E-state index < -0.39 is 18.0 Å². The second kappa shape index (κ2) is 9.22. The Kier molecular flexibility index (Phi) is 6.70. The highest BCUT2D eigenvalue weighted by Crippen LogP contribution is 2.26. The smallest absolute Gasteiger partial charge is 0.312 e. The predicted molar refractivity (Wildman–Crippen MR) is 107 cm³/mol. The molecule has 1 aromatic carbocycles. The van der Waals surface area contributed by atoms with Gasteiger partial charge in [0.15, 0.2) is 6.10 Å². The van der Waals surface area contributed by atoms with Crippen molar-refractivity contribution >= 4 is 23.5 Å². The molecule has 0 aromatic heterocycles. The van der Waals surface area contributed by atoms with Gasteiger partial charge in [0.2, 0.25) is 5.91 Å². The fourth-order valence-corrected chi connectivity index (χ4v) is 3.92. The molecule has 0 radical (unpaired) electrons. The molecule has 0 spiro atoms. The van der Waals surface area contributed by atoms with Crippen LogP contribution in [0.3, 0.4) is 0 Å². The van der Waals surface area contributed by atoms with Gasteiger partial charge in [-0.15, -0.1) is 0 Å². The number of amides is 2. The summed E-state index contributed by atoms with van der Waals surface area (Å²) in [4.78, 5) is 38.8. The first-order valence-corrected chi connectivity index (χ1v) is 10.4. The van der Waals surface area contributed by atoms with Gasteiger partial charge in [-0.05, 0) is 43.9 Å². The third kappa shape index (κ3) is 4.91. The van der Waals surface area contributed by atoms with Gasteiger partial charge >= 0.3 is 5.97 Å². The van der Waals surface area contributed by atoms with Crippen molar-refractivity contribution in [3.63, 3.8) is 0 Å². The Morgan fingerprint density at radius 3 is 2.50 bits per heavy atom. The van der Waals surface area contributed by atoms with Crippen LogP contribution in [-0.2, 0) is 25.5 Å². The molecular formula is C22H30N2O4. The number of hydrogen-bond acceptors (Lipinski definition) is 4. The predicted octanol–water partition coefficient (Wildman–Crippen LogP) is 2.98. The molecule has 2 atom stereocenters. The number of carbonyl (C=O) groups is 3. The van der Waals surface area contributed by atoms with Gasteiger partial charge in [0.05, 0.1) is 5.92 Å². The minimum Gasteiger partial charge on any atom is -0.452 e. The molecule has 2 fully saturated rings. The van der Waals surface area contributed by atoms with E-state index in [4.69, 9.17) is 4.74 Å². The van der Waals surface area contributed by atoms with Crippen LogP contribution in [0.4, 0.5) is 5.69 Å². The van der Waals surface area contributed by atoms with Crippen LogP contribution in [0.5, 0.6) is 0 Å². The number of hydrogen-bond donors (Lipinski definition) is 1. The third-order valence-electron chi connectivity index (χ3n) is 5.73. The van der Waals surface area contributed by atoms with Crippen LogP contribution >= 0.6 is 0 Å². The van der Waals surface area contributed by atoms with Gasteiger partial charge in [0.25, 0.3) is 5.91 Å². The van der Waals surface area contributed by atoms with Gasteiger partial charge < -0.3 is 15.0 Å². The number of anilines is 1. The molecule has 1 saturated heterocycles. The molecular weight excluding hydrogens is 356 g/mol. The van der Waals surface area contributed by atoms with E-state index in [1.165, 1.54) is 12.0 Å². The number of carbonyl (C=O) groups excluding carboxylic acids is 3. The number of nitrogens with zero attached hydrogens (tertiary/aromatic N) is 1. The lowest BCUT2D eigenvalue weighted by Crippen LogP contribution is -2.43. The molecule has 1 heterocycles. The quantitative estimate of drug-likeness (QED) is 0.763. The fourth-order valence-electron chi connectivity index (χ4n) is 3.92. The minimum atomic E-state index is -0.845. The summed E-state index contributed by atoms with van der Waals surface area (Å²) in [5.41, 5.74) is 1.99. The van der Waals surface area contributed by atoms with Gasteiger partial charge in [0, 0.05) is 24.7 Å². The van der Waals surface area contributed by atoms with Crippen molar-refractivity contribution in [2.75, 3.05) is 11.4 Å². The first-order chi connectivity index (χ1) is 13.5. The van der Waals surface area contributed by atoms with Crippen LogP contribution in [-0.4, -0.2) is 36.5 Å². The van der Waals surface area contributed by atoms with Crippen LogP contribution in [0.1, 0.15) is 57.9 Å². The van der Waals surface area contributed by atoms with E-state index in [1.807, 2.05) is 24.3 Å². The number of aryl methyl sites for hydroxylation is 1. The van der Waals surface area contributed by atoms with E-state index >= 15 is 0 Å². The summed E-state index contributed by atoms with van der Waals surface area (Å²) < 4.78 is 5.38. The average Bonchev–Trinajstić information content (AvgIpc) is 3.10. The van der Waals surface area contributed by atoms with Gasteiger partial charge in [-0.2, -0.15) is 0 Å². The maximum atomic E-state index is 12.5. The van der Waals surface area contributed by atoms with Crippen LogP contribution in [0.25, 0.3) is 0 Å². The van der Waals surface area contributed by atoms with Crippen LogP contribution in [0, 0.1) is 5.92 Å². The molecule has 1 aliphatic carbocycles. The largest absolute Gasteiger partial charge is 0.452 e. The summed E-state index contributed by atoms with van der Waals surface area (Å²) in [7, 11) is 0. The Hall–Kier alpha value is -2.37. The number of rotatable bonds is 6. The number of esters is 1.